The second-order valence-corrected chi connectivity index (χ2v) is 6.02. The molecule has 2 rings (SSSR count). The fourth-order valence-corrected chi connectivity index (χ4v) is 2.60. The molecule has 4 heteroatoms. The summed E-state index contributed by atoms with van der Waals surface area (Å²) in [6.45, 7) is 6.97. The molecule has 1 heterocycles. The van der Waals surface area contributed by atoms with Gasteiger partial charge in [-0.2, -0.15) is 0 Å². The quantitative estimate of drug-likeness (QED) is 0.792. The van der Waals surface area contributed by atoms with E-state index in [2.05, 4.69) is 12.2 Å². The van der Waals surface area contributed by atoms with Crippen molar-refractivity contribution in [1.29, 1.82) is 0 Å². The molecule has 3 atom stereocenters. The van der Waals surface area contributed by atoms with Crippen molar-refractivity contribution in [3.05, 3.63) is 29.3 Å². The SMILES string of the molecule is CC(CO)CCCNC(=O)c1cccc2c1OC(C)C2C. The Hall–Kier alpha value is -1.55. The van der Waals surface area contributed by atoms with E-state index in [9.17, 15) is 4.79 Å². The monoisotopic (exact) mass is 291 g/mol. The van der Waals surface area contributed by atoms with Gasteiger partial charge in [0.1, 0.15) is 11.9 Å². The van der Waals surface area contributed by atoms with Crippen LogP contribution in [0.25, 0.3) is 0 Å². The molecule has 1 aliphatic heterocycles. The summed E-state index contributed by atoms with van der Waals surface area (Å²) >= 11 is 0. The Morgan fingerprint density at radius 2 is 2.19 bits per heavy atom. The van der Waals surface area contributed by atoms with Gasteiger partial charge in [-0.15, -0.1) is 0 Å². The Labute approximate surface area is 126 Å². The third-order valence-corrected chi connectivity index (χ3v) is 4.26. The van der Waals surface area contributed by atoms with Crippen LogP contribution in [0.5, 0.6) is 5.75 Å². The first-order valence-electron chi connectivity index (χ1n) is 7.73. The molecule has 0 saturated carbocycles. The van der Waals surface area contributed by atoms with Gasteiger partial charge in [0.05, 0.1) is 5.56 Å². The van der Waals surface area contributed by atoms with Crippen LogP contribution in [-0.2, 0) is 0 Å². The van der Waals surface area contributed by atoms with E-state index in [0.29, 0.717) is 18.0 Å². The summed E-state index contributed by atoms with van der Waals surface area (Å²) in [6.07, 6.45) is 1.89. The van der Waals surface area contributed by atoms with E-state index >= 15 is 0 Å². The maximum absolute atomic E-state index is 12.3. The zero-order valence-electron chi connectivity index (χ0n) is 13.1. The van der Waals surface area contributed by atoms with E-state index in [1.54, 1.807) is 0 Å². The van der Waals surface area contributed by atoms with Crippen LogP contribution < -0.4 is 10.1 Å². The van der Waals surface area contributed by atoms with Crippen molar-refractivity contribution >= 4 is 5.91 Å². The first-order valence-corrected chi connectivity index (χ1v) is 7.73. The molecule has 3 unspecified atom stereocenters. The van der Waals surface area contributed by atoms with Crippen LogP contribution >= 0.6 is 0 Å². The smallest absolute Gasteiger partial charge is 0.255 e. The van der Waals surface area contributed by atoms with E-state index in [0.717, 1.165) is 24.2 Å². The van der Waals surface area contributed by atoms with Gasteiger partial charge in [0.25, 0.3) is 5.91 Å². The zero-order valence-corrected chi connectivity index (χ0v) is 13.1. The minimum atomic E-state index is -0.0789. The predicted octanol–water partition coefficient (Wildman–Crippen LogP) is 2.71. The van der Waals surface area contributed by atoms with Crippen LogP contribution in [0, 0.1) is 5.92 Å². The van der Waals surface area contributed by atoms with Gasteiger partial charge in [-0.1, -0.05) is 26.0 Å². The van der Waals surface area contributed by atoms with E-state index in [-0.39, 0.29) is 24.5 Å². The molecule has 0 spiro atoms. The molecule has 0 fully saturated rings. The highest BCUT2D eigenvalue weighted by molar-refractivity contribution is 5.97. The molecule has 1 aromatic carbocycles. The van der Waals surface area contributed by atoms with Crippen LogP contribution in [0.3, 0.4) is 0 Å². The molecule has 1 aromatic rings. The summed E-state index contributed by atoms with van der Waals surface area (Å²) in [5, 5.41) is 11.9. The lowest BCUT2D eigenvalue weighted by molar-refractivity contribution is 0.0947. The Morgan fingerprint density at radius 3 is 2.90 bits per heavy atom. The second-order valence-electron chi connectivity index (χ2n) is 6.02. The fraction of sp³-hybridized carbons (Fsp3) is 0.588. The molecule has 2 N–H and O–H groups in total. The minimum Gasteiger partial charge on any atom is -0.489 e. The Bertz CT molecular complexity index is 501. The molecule has 1 amide bonds. The number of fused-ring (bicyclic) bond motifs is 1. The number of benzene rings is 1. The fourth-order valence-electron chi connectivity index (χ4n) is 2.60. The number of hydrogen-bond acceptors (Lipinski definition) is 3. The number of aliphatic hydroxyl groups excluding tert-OH is 1. The molecule has 1 aliphatic rings. The summed E-state index contributed by atoms with van der Waals surface area (Å²) in [7, 11) is 0. The number of aliphatic hydroxyl groups is 1. The Balaban J connectivity index is 1.95. The van der Waals surface area contributed by atoms with Crippen molar-refractivity contribution in [3.63, 3.8) is 0 Å². The number of para-hydroxylation sites is 1. The largest absolute Gasteiger partial charge is 0.489 e. The van der Waals surface area contributed by atoms with E-state index in [1.165, 1.54) is 0 Å². The first kappa shape index (κ1) is 15.8. The van der Waals surface area contributed by atoms with Gasteiger partial charge in [-0.25, -0.2) is 0 Å². The lowest BCUT2D eigenvalue weighted by atomic mass is 9.97. The van der Waals surface area contributed by atoms with Gasteiger partial charge in [-0.05, 0) is 31.7 Å². The topological polar surface area (TPSA) is 58.6 Å². The molecule has 0 bridgehead atoms. The van der Waals surface area contributed by atoms with Crippen molar-refractivity contribution < 1.29 is 14.6 Å². The van der Waals surface area contributed by atoms with Crippen molar-refractivity contribution in [2.45, 2.75) is 45.6 Å². The van der Waals surface area contributed by atoms with Crippen molar-refractivity contribution in [3.8, 4) is 5.75 Å². The van der Waals surface area contributed by atoms with Crippen molar-refractivity contribution in [2.24, 2.45) is 5.92 Å². The van der Waals surface area contributed by atoms with E-state index in [4.69, 9.17) is 9.84 Å². The number of ether oxygens (including phenoxy) is 1. The van der Waals surface area contributed by atoms with Gasteiger partial charge in [0, 0.05) is 24.6 Å². The highest BCUT2D eigenvalue weighted by Gasteiger charge is 2.30. The van der Waals surface area contributed by atoms with Gasteiger partial charge in [0.2, 0.25) is 0 Å². The van der Waals surface area contributed by atoms with E-state index in [1.807, 2.05) is 32.0 Å². The predicted molar refractivity (Wildman–Crippen MR) is 82.8 cm³/mol. The standard InChI is InChI=1S/C17H25NO3/c1-11(10-19)6-5-9-18-17(20)15-8-4-7-14-12(2)13(3)21-16(14)15/h4,7-8,11-13,19H,5-6,9-10H2,1-3H3,(H,18,20). The highest BCUT2D eigenvalue weighted by atomic mass is 16.5. The summed E-state index contributed by atoms with van der Waals surface area (Å²) in [5.41, 5.74) is 1.74. The van der Waals surface area contributed by atoms with Crippen LogP contribution in [0.2, 0.25) is 0 Å². The summed E-state index contributed by atoms with van der Waals surface area (Å²) < 4.78 is 5.84. The number of amides is 1. The molecule has 21 heavy (non-hydrogen) atoms. The first-order chi connectivity index (χ1) is 10.0. The molecule has 4 nitrogen and oxygen atoms in total. The maximum Gasteiger partial charge on any atom is 0.255 e. The minimum absolute atomic E-state index is 0.0789. The number of carbonyl (C=O) groups excluding carboxylic acids is 1. The molecule has 0 aliphatic carbocycles. The van der Waals surface area contributed by atoms with Gasteiger partial charge in [0.15, 0.2) is 0 Å². The van der Waals surface area contributed by atoms with Crippen LogP contribution in [0.15, 0.2) is 18.2 Å². The summed E-state index contributed by atoms with van der Waals surface area (Å²) in [5.74, 6) is 1.26. The molecule has 0 saturated heterocycles. The zero-order chi connectivity index (χ0) is 15.4. The average Bonchev–Trinajstić information content (AvgIpc) is 2.78. The molecular formula is C17H25NO3. The lowest BCUT2D eigenvalue weighted by Gasteiger charge is -2.11. The van der Waals surface area contributed by atoms with Gasteiger partial charge in [-0.3, -0.25) is 4.79 Å². The number of carbonyl (C=O) groups is 1. The molecule has 0 aromatic heterocycles. The molecule has 0 radical (unpaired) electrons. The van der Waals surface area contributed by atoms with Crippen LogP contribution in [0.1, 0.15) is 55.5 Å². The maximum atomic E-state index is 12.3. The number of nitrogens with one attached hydrogen (secondary N) is 1. The molecular weight excluding hydrogens is 266 g/mol. The van der Waals surface area contributed by atoms with E-state index < -0.39 is 0 Å². The number of rotatable bonds is 6. The average molecular weight is 291 g/mol. The Morgan fingerprint density at radius 1 is 1.43 bits per heavy atom. The third-order valence-electron chi connectivity index (χ3n) is 4.26. The van der Waals surface area contributed by atoms with Crippen LogP contribution in [-0.4, -0.2) is 30.3 Å². The van der Waals surface area contributed by atoms with Gasteiger partial charge >= 0.3 is 0 Å². The van der Waals surface area contributed by atoms with Crippen molar-refractivity contribution in [1.82, 2.24) is 5.32 Å². The summed E-state index contributed by atoms with van der Waals surface area (Å²) in [4.78, 5) is 12.3. The second kappa shape index (κ2) is 6.94. The van der Waals surface area contributed by atoms with Gasteiger partial charge < -0.3 is 15.2 Å². The molecule has 116 valence electrons. The normalized spacial score (nSPS) is 21.5. The highest BCUT2D eigenvalue weighted by Crippen LogP contribution is 2.40. The van der Waals surface area contributed by atoms with Crippen molar-refractivity contribution in [2.75, 3.05) is 13.2 Å². The third kappa shape index (κ3) is 3.56. The number of hydrogen-bond donors (Lipinski definition) is 2. The van der Waals surface area contributed by atoms with Crippen LogP contribution in [0.4, 0.5) is 0 Å². The Kier molecular flexibility index (Phi) is 5.23. The summed E-state index contributed by atoms with van der Waals surface area (Å²) in [6, 6.07) is 5.76. The lowest BCUT2D eigenvalue weighted by Crippen LogP contribution is -2.25.